The number of aryl methyl sites for hydroxylation is 1. The van der Waals surface area contributed by atoms with Crippen molar-refractivity contribution in [3.05, 3.63) is 41.2 Å². The number of aromatic nitrogens is 4. The summed E-state index contributed by atoms with van der Waals surface area (Å²) >= 11 is 0. The maximum absolute atomic E-state index is 4.98. The van der Waals surface area contributed by atoms with E-state index in [0.29, 0.717) is 19.7 Å². The van der Waals surface area contributed by atoms with Crippen LogP contribution in [0.4, 0.5) is 0 Å². The molecule has 6 heteroatoms. The number of tetrazole rings is 1. The second kappa shape index (κ2) is 6.96. The normalized spacial score (nSPS) is 10.8. The summed E-state index contributed by atoms with van der Waals surface area (Å²) in [5.41, 5.74) is 2.48. The molecule has 0 aliphatic carbocycles. The predicted molar refractivity (Wildman–Crippen MR) is 71.7 cm³/mol. The monoisotopic (exact) mass is 261 g/mol. The number of nitrogens with one attached hydrogen (secondary N) is 1. The summed E-state index contributed by atoms with van der Waals surface area (Å²) < 4.78 is 6.80. The first-order chi connectivity index (χ1) is 9.31. The second-order valence-corrected chi connectivity index (χ2v) is 4.35. The van der Waals surface area contributed by atoms with Gasteiger partial charge in [0.25, 0.3) is 0 Å². The zero-order chi connectivity index (χ0) is 13.5. The van der Waals surface area contributed by atoms with Crippen molar-refractivity contribution < 1.29 is 4.74 Å². The van der Waals surface area contributed by atoms with Gasteiger partial charge in [0.2, 0.25) is 0 Å². The predicted octanol–water partition coefficient (Wildman–Crippen LogP) is 0.766. The molecule has 0 fully saturated rings. The van der Waals surface area contributed by atoms with Crippen LogP contribution in [0.1, 0.15) is 17.0 Å². The number of rotatable bonds is 7. The molecule has 0 unspecified atom stereocenters. The van der Waals surface area contributed by atoms with Gasteiger partial charge in [-0.3, -0.25) is 0 Å². The molecule has 0 spiro atoms. The van der Waals surface area contributed by atoms with Gasteiger partial charge in [-0.15, -0.1) is 5.10 Å². The molecule has 0 atom stereocenters. The van der Waals surface area contributed by atoms with Gasteiger partial charge in [-0.1, -0.05) is 24.3 Å². The Morgan fingerprint density at radius 2 is 2.16 bits per heavy atom. The minimum Gasteiger partial charge on any atom is -0.383 e. The van der Waals surface area contributed by atoms with Gasteiger partial charge in [0.05, 0.1) is 19.7 Å². The molecule has 1 N–H and O–H groups in total. The van der Waals surface area contributed by atoms with Gasteiger partial charge in [0, 0.05) is 13.7 Å². The lowest BCUT2D eigenvalue weighted by atomic mass is 10.1. The molecule has 0 saturated carbocycles. The van der Waals surface area contributed by atoms with Crippen LogP contribution in [0.2, 0.25) is 0 Å². The first-order valence-corrected chi connectivity index (χ1v) is 6.30. The van der Waals surface area contributed by atoms with Crippen LogP contribution in [0, 0.1) is 6.92 Å². The van der Waals surface area contributed by atoms with Crippen molar-refractivity contribution in [3.63, 3.8) is 0 Å². The van der Waals surface area contributed by atoms with Crippen LogP contribution < -0.4 is 5.32 Å². The first kappa shape index (κ1) is 13.6. The largest absolute Gasteiger partial charge is 0.383 e. The van der Waals surface area contributed by atoms with Gasteiger partial charge in [-0.05, 0) is 28.5 Å². The summed E-state index contributed by atoms with van der Waals surface area (Å²) in [6, 6.07) is 8.25. The highest BCUT2D eigenvalue weighted by molar-refractivity contribution is 5.25. The third-order valence-corrected chi connectivity index (χ3v) is 2.95. The number of hydrogen-bond acceptors (Lipinski definition) is 5. The molecule has 6 nitrogen and oxygen atoms in total. The van der Waals surface area contributed by atoms with Crippen LogP contribution in [-0.2, 0) is 17.8 Å². The Kier molecular flexibility index (Phi) is 5.00. The van der Waals surface area contributed by atoms with Crippen LogP contribution in [0.5, 0.6) is 0 Å². The van der Waals surface area contributed by atoms with E-state index in [4.69, 9.17) is 4.74 Å². The van der Waals surface area contributed by atoms with E-state index in [1.165, 1.54) is 11.1 Å². The Labute approximate surface area is 112 Å². The highest BCUT2D eigenvalue weighted by atomic mass is 16.5. The summed E-state index contributed by atoms with van der Waals surface area (Å²) in [5, 5.41) is 15.1. The van der Waals surface area contributed by atoms with Crippen molar-refractivity contribution >= 4 is 0 Å². The van der Waals surface area contributed by atoms with E-state index in [1.54, 1.807) is 7.11 Å². The van der Waals surface area contributed by atoms with E-state index in [9.17, 15) is 0 Å². The van der Waals surface area contributed by atoms with Gasteiger partial charge < -0.3 is 10.1 Å². The highest BCUT2D eigenvalue weighted by Gasteiger charge is 2.07. The number of hydrogen-bond donors (Lipinski definition) is 1. The molecule has 2 rings (SSSR count). The first-order valence-electron chi connectivity index (χ1n) is 6.30. The van der Waals surface area contributed by atoms with E-state index in [2.05, 4.69) is 39.9 Å². The molecule has 0 bridgehead atoms. The molecule has 102 valence electrons. The standard InChI is InChI=1S/C13H19N5O/c1-11-5-3-4-6-12(11)10-18-13(15-16-17-18)9-14-7-8-19-2/h3-6,14H,7-10H2,1-2H3. The number of nitrogens with zero attached hydrogens (tertiary/aromatic N) is 4. The van der Waals surface area contributed by atoms with Gasteiger partial charge >= 0.3 is 0 Å². The average Bonchev–Trinajstić information content (AvgIpc) is 2.85. The molecule has 1 aromatic heterocycles. The summed E-state index contributed by atoms with van der Waals surface area (Å²) in [5.74, 6) is 0.833. The molecule has 0 saturated heterocycles. The van der Waals surface area contributed by atoms with Crippen molar-refractivity contribution in [1.82, 2.24) is 25.5 Å². The fraction of sp³-hybridized carbons (Fsp3) is 0.462. The van der Waals surface area contributed by atoms with Crippen molar-refractivity contribution in [3.8, 4) is 0 Å². The Hall–Kier alpha value is -1.79. The lowest BCUT2D eigenvalue weighted by Gasteiger charge is -2.08. The minimum atomic E-state index is 0.641. The molecule has 1 heterocycles. The fourth-order valence-electron chi connectivity index (χ4n) is 1.80. The van der Waals surface area contributed by atoms with Gasteiger partial charge in [-0.25, -0.2) is 4.68 Å². The number of benzene rings is 1. The van der Waals surface area contributed by atoms with Gasteiger partial charge in [0.15, 0.2) is 5.82 Å². The Morgan fingerprint density at radius 3 is 2.95 bits per heavy atom. The van der Waals surface area contributed by atoms with E-state index in [1.807, 2.05) is 16.8 Å². The molecule has 0 radical (unpaired) electrons. The molecule has 19 heavy (non-hydrogen) atoms. The van der Waals surface area contributed by atoms with Gasteiger partial charge in [0.1, 0.15) is 0 Å². The van der Waals surface area contributed by atoms with E-state index >= 15 is 0 Å². The molecular weight excluding hydrogens is 242 g/mol. The fourth-order valence-corrected chi connectivity index (χ4v) is 1.80. The maximum atomic E-state index is 4.98. The third-order valence-electron chi connectivity index (χ3n) is 2.95. The number of methoxy groups -OCH3 is 1. The smallest absolute Gasteiger partial charge is 0.165 e. The second-order valence-electron chi connectivity index (χ2n) is 4.35. The van der Waals surface area contributed by atoms with Crippen LogP contribution >= 0.6 is 0 Å². The van der Waals surface area contributed by atoms with Crippen molar-refractivity contribution in [2.75, 3.05) is 20.3 Å². The summed E-state index contributed by atoms with van der Waals surface area (Å²) in [7, 11) is 1.68. The van der Waals surface area contributed by atoms with Gasteiger partial charge in [-0.2, -0.15) is 0 Å². The molecule has 0 aliphatic rings. The third kappa shape index (κ3) is 3.84. The van der Waals surface area contributed by atoms with E-state index in [-0.39, 0.29) is 0 Å². The number of ether oxygens (including phenoxy) is 1. The van der Waals surface area contributed by atoms with Crippen LogP contribution in [-0.4, -0.2) is 40.5 Å². The zero-order valence-corrected chi connectivity index (χ0v) is 11.3. The van der Waals surface area contributed by atoms with Crippen LogP contribution in [0.15, 0.2) is 24.3 Å². The molecule has 0 amide bonds. The summed E-state index contributed by atoms with van der Waals surface area (Å²) in [6.07, 6.45) is 0. The lowest BCUT2D eigenvalue weighted by Crippen LogP contribution is -2.21. The molecule has 2 aromatic rings. The minimum absolute atomic E-state index is 0.641. The molecule has 1 aromatic carbocycles. The quantitative estimate of drug-likeness (QED) is 0.746. The van der Waals surface area contributed by atoms with Crippen molar-refractivity contribution in [2.45, 2.75) is 20.0 Å². The summed E-state index contributed by atoms with van der Waals surface area (Å²) in [6.45, 7) is 4.90. The summed E-state index contributed by atoms with van der Waals surface area (Å²) in [4.78, 5) is 0. The SMILES string of the molecule is COCCNCc1nnnn1Cc1ccccc1C. The molecule has 0 aliphatic heterocycles. The van der Waals surface area contributed by atoms with E-state index < -0.39 is 0 Å². The Morgan fingerprint density at radius 1 is 1.32 bits per heavy atom. The Balaban J connectivity index is 1.98. The highest BCUT2D eigenvalue weighted by Crippen LogP contribution is 2.09. The zero-order valence-electron chi connectivity index (χ0n) is 11.3. The van der Waals surface area contributed by atoms with Crippen LogP contribution in [0.25, 0.3) is 0 Å². The topological polar surface area (TPSA) is 64.9 Å². The van der Waals surface area contributed by atoms with Crippen LogP contribution in [0.3, 0.4) is 0 Å². The van der Waals surface area contributed by atoms with Crippen molar-refractivity contribution in [2.24, 2.45) is 0 Å². The van der Waals surface area contributed by atoms with E-state index in [0.717, 1.165) is 12.4 Å². The Bertz CT molecular complexity index is 511. The lowest BCUT2D eigenvalue weighted by molar-refractivity contribution is 0.198. The average molecular weight is 261 g/mol. The van der Waals surface area contributed by atoms with Crippen molar-refractivity contribution in [1.29, 1.82) is 0 Å². The maximum Gasteiger partial charge on any atom is 0.165 e. The molecular formula is C13H19N5O.